The van der Waals surface area contributed by atoms with Crippen molar-refractivity contribution in [2.24, 2.45) is 0 Å². The Bertz CT molecular complexity index is 958. The van der Waals surface area contributed by atoms with Gasteiger partial charge in [-0.25, -0.2) is 4.98 Å². The van der Waals surface area contributed by atoms with Gasteiger partial charge in [0, 0.05) is 23.0 Å². The van der Waals surface area contributed by atoms with Crippen LogP contribution in [0.25, 0.3) is 10.6 Å². The number of benzene rings is 1. The molecule has 1 aromatic carbocycles. The summed E-state index contributed by atoms with van der Waals surface area (Å²) in [6.45, 7) is 1.62. The SMILES string of the molecule is Cc1nc(-c2cccnc2)sc1C(=O)Nc1ccc(Cl)cc1C(F)(F)F. The Morgan fingerprint density at radius 3 is 2.69 bits per heavy atom. The van der Waals surface area contributed by atoms with Gasteiger partial charge in [-0.3, -0.25) is 9.78 Å². The summed E-state index contributed by atoms with van der Waals surface area (Å²) in [4.78, 5) is 21.0. The molecule has 0 unspecified atom stereocenters. The Kier molecular flexibility index (Phi) is 4.97. The number of pyridine rings is 1. The van der Waals surface area contributed by atoms with Crippen LogP contribution in [0.1, 0.15) is 20.9 Å². The molecule has 0 radical (unpaired) electrons. The third-order valence-electron chi connectivity index (χ3n) is 3.45. The number of carbonyl (C=O) groups excluding carboxylic acids is 1. The summed E-state index contributed by atoms with van der Waals surface area (Å²) < 4.78 is 39.5. The number of nitrogens with one attached hydrogen (secondary N) is 1. The lowest BCUT2D eigenvalue weighted by atomic mass is 10.1. The van der Waals surface area contributed by atoms with Gasteiger partial charge in [0.2, 0.25) is 0 Å². The Labute approximate surface area is 155 Å². The zero-order chi connectivity index (χ0) is 18.9. The summed E-state index contributed by atoms with van der Waals surface area (Å²) in [5, 5.41) is 2.80. The van der Waals surface area contributed by atoms with Crippen LogP contribution < -0.4 is 5.32 Å². The molecule has 0 aliphatic heterocycles. The molecule has 3 aromatic rings. The lowest BCUT2D eigenvalue weighted by molar-refractivity contribution is -0.136. The minimum Gasteiger partial charge on any atom is -0.321 e. The number of aromatic nitrogens is 2. The molecule has 0 saturated heterocycles. The first kappa shape index (κ1) is 18.3. The van der Waals surface area contributed by atoms with E-state index in [9.17, 15) is 18.0 Å². The molecule has 0 atom stereocenters. The number of nitrogens with zero attached hydrogens (tertiary/aromatic N) is 2. The normalized spacial score (nSPS) is 11.4. The fourth-order valence-corrected chi connectivity index (χ4v) is 3.38. The molecular formula is C17H11ClF3N3OS. The Hall–Kier alpha value is -2.45. The Morgan fingerprint density at radius 1 is 1.27 bits per heavy atom. The first-order valence-corrected chi connectivity index (χ1v) is 8.51. The van der Waals surface area contributed by atoms with Crippen molar-refractivity contribution in [3.63, 3.8) is 0 Å². The summed E-state index contributed by atoms with van der Waals surface area (Å²) in [6.07, 6.45) is -1.44. The van der Waals surface area contributed by atoms with Crippen molar-refractivity contribution in [2.45, 2.75) is 13.1 Å². The minimum absolute atomic E-state index is 0.0665. The van der Waals surface area contributed by atoms with E-state index in [1.54, 1.807) is 31.5 Å². The second kappa shape index (κ2) is 7.05. The number of aryl methyl sites for hydroxylation is 1. The maximum absolute atomic E-state index is 13.2. The summed E-state index contributed by atoms with van der Waals surface area (Å²) in [6, 6.07) is 6.70. The van der Waals surface area contributed by atoms with E-state index in [0.29, 0.717) is 10.7 Å². The monoisotopic (exact) mass is 397 g/mol. The summed E-state index contributed by atoms with van der Waals surface area (Å²) in [5.41, 5.74) is -0.216. The van der Waals surface area contributed by atoms with E-state index in [1.165, 1.54) is 6.07 Å². The molecule has 4 nitrogen and oxygen atoms in total. The van der Waals surface area contributed by atoms with Crippen LogP contribution in [0.2, 0.25) is 5.02 Å². The van der Waals surface area contributed by atoms with Gasteiger partial charge in [0.25, 0.3) is 5.91 Å². The maximum Gasteiger partial charge on any atom is 0.418 e. The first-order valence-electron chi connectivity index (χ1n) is 7.31. The van der Waals surface area contributed by atoms with E-state index in [0.717, 1.165) is 29.0 Å². The van der Waals surface area contributed by atoms with Crippen molar-refractivity contribution in [1.82, 2.24) is 9.97 Å². The van der Waals surface area contributed by atoms with Gasteiger partial charge in [-0.15, -0.1) is 11.3 Å². The van der Waals surface area contributed by atoms with Crippen LogP contribution in [-0.4, -0.2) is 15.9 Å². The van der Waals surface area contributed by atoms with Gasteiger partial charge in [0.1, 0.15) is 9.88 Å². The molecule has 0 aliphatic rings. The van der Waals surface area contributed by atoms with E-state index in [1.807, 2.05) is 0 Å². The predicted octanol–water partition coefficient (Wildman–Crippen LogP) is 5.44. The summed E-state index contributed by atoms with van der Waals surface area (Å²) in [5.74, 6) is -0.664. The lowest BCUT2D eigenvalue weighted by Gasteiger charge is -2.13. The fraction of sp³-hybridized carbons (Fsp3) is 0.118. The third kappa shape index (κ3) is 3.86. The van der Waals surface area contributed by atoms with Gasteiger partial charge in [-0.1, -0.05) is 11.6 Å². The van der Waals surface area contributed by atoms with E-state index >= 15 is 0 Å². The molecular weight excluding hydrogens is 387 g/mol. The van der Waals surface area contributed by atoms with Gasteiger partial charge >= 0.3 is 6.18 Å². The number of alkyl halides is 3. The molecule has 1 N–H and O–H groups in total. The number of hydrogen-bond donors (Lipinski definition) is 1. The smallest absolute Gasteiger partial charge is 0.321 e. The largest absolute Gasteiger partial charge is 0.418 e. The standard InChI is InChI=1S/C17H11ClF3N3OS/c1-9-14(26-16(23-9)10-3-2-6-22-8-10)15(25)24-13-5-4-11(18)7-12(13)17(19,20)21/h2-8H,1H3,(H,24,25). The van der Waals surface area contributed by atoms with Crippen molar-refractivity contribution < 1.29 is 18.0 Å². The molecule has 2 aromatic heterocycles. The molecule has 2 heterocycles. The zero-order valence-corrected chi connectivity index (χ0v) is 14.8. The molecule has 3 rings (SSSR count). The number of amides is 1. The first-order chi connectivity index (χ1) is 12.3. The molecule has 0 bridgehead atoms. The molecule has 0 spiro atoms. The number of thiazole rings is 1. The van der Waals surface area contributed by atoms with E-state index < -0.39 is 17.6 Å². The van der Waals surface area contributed by atoms with Gasteiger partial charge in [0.15, 0.2) is 0 Å². The van der Waals surface area contributed by atoms with Crippen LogP contribution in [0.5, 0.6) is 0 Å². The van der Waals surface area contributed by atoms with Crippen LogP contribution in [0.3, 0.4) is 0 Å². The summed E-state index contributed by atoms with van der Waals surface area (Å²) >= 11 is 6.73. The van der Waals surface area contributed by atoms with E-state index in [2.05, 4.69) is 15.3 Å². The van der Waals surface area contributed by atoms with Crippen molar-refractivity contribution in [3.05, 3.63) is 63.9 Å². The fourth-order valence-electron chi connectivity index (χ4n) is 2.26. The van der Waals surface area contributed by atoms with E-state index in [4.69, 9.17) is 11.6 Å². The Balaban J connectivity index is 1.92. The minimum atomic E-state index is -4.64. The van der Waals surface area contributed by atoms with E-state index in [-0.39, 0.29) is 15.6 Å². The van der Waals surface area contributed by atoms with Crippen molar-refractivity contribution in [2.75, 3.05) is 5.32 Å². The van der Waals surface area contributed by atoms with Crippen molar-refractivity contribution >= 4 is 34.5 Å². The molecule has 9 heteroatoms. The van der Waals surface area contributed by atoms with Gasteiger partial charge in [-0.05, 0) is 37.3 Å². The quantitative estimate of drug-likeness (QED) is 0.640. The highest BCUT2D eigenvalue weighted by Gasteiger charge is 2.34. The zero-order valence-electron chi connectivity index (χ0n) is 13.3. The third-order valence-corrected chi connectivity index (χ3v) is 4.89. The highest BCUT2D eigenvalue weighted by atomic mass is 35.5. The highest BCUT2D eigenvalue weighted by molar-refractivity contribution is 7.17. The topological polar surface area (TPSA) is 54.9 Å². The molecule has 26 heavy (non-hydrogen) atoms. The van der Waals surface area contributed by atoms with Crippen LogP contribution in [0.15, 0.2) is 42.7 Å². The van der Waals surface area contributed by atoms with Gasteiger partial charge in [0.05, 0.1) is 16.9 Å². The summed E-state index contributed by atoms with van der Waals surface area (Å²) in [7, 11) is 0. The highest BCUT2D eigenvalue weighted by Crippen LogP contribution is 2.37. The van der Waals surface area contributed by atoms with Crippen LogP contribution >= 0.6 is 22.9 Å². The second-order valence-electron chi connectivity index (χ2n) is 5.32. The maximum atomic E-state index is 13.2. The van der Waals surface area contributed by atoms with Crippen LogP contribution in [-0.2, 0) is 6.18 Å². The number of halogens is 4. The van der Waals surface area contributed by atoms with Crippen LogP contribution in [0.4, 0.5) is 18.9 Å². The van der Waals surface area contributed by atoms with Crippen molar-refractivity contribution in [3.8, 4) is 10.6 Å². The van der Waals surface area contributed by atoms with Gasteiger partial charge < -0.3 is 5.32 Å². The predicted molar refractivity (Wildman–Crippen MR) is 94.5 cm³/mol. The van der Waals surface area contributed by atoms with Gasteiger partial charge in [-0.2, -0.15) is 13.2 Å². The second-order valence-corrected chi connectivity index (χ2v) is 6.75. The molecule has 0 saturated carbocycles. The molecule has 1 amide bonds. The number of hydrogen-bond acceptors (Lipinski definition) is 4. The molecule has 0 aliphatic carbocycles. The lowest BCUT2D eigenvalue weighted by Crippen LogP contribution is -2.16. The van der Waals surface area contributed by atoms with Crippen LogP contribution in [0, 0.1) is 6.92 Å². The number of carbonyl (C=O) groups is 1. The molecule has 134 valence electrons. The van der Waals surface area contributed by atoms with Crippen molar-refractivity contribution in [1.29, 1.82) is 0 Å². The Morgan fingerprint density at radius 2 is 2.04 bits per heavy atom. The number of rotatable bonds is 3. The number of anilines is 1. The molecule has 0 fully saturated rings. The average Bonchev–Trinajstić information content (AvgIpc) is 2.98. The average molecular weight is 398 g/mol.